The molecule has 5 rings (SSSR count). The predicted octanol–water partition coefficient (Wildman–Crippen LogP) is 3.16. The summed E-state index contributed by atoms with van der Waals surface area (Å²) in [6.07, 6.45) is 4.46. The fraction of sp³-hybridized carbons (Fsp3) is 0.333. The van der Waals surface area contributed by atoms with Gasteiger partial charge in [-0.05, 0) is 32.9 Å². The summed E-state index contributed by atoms with van der Waals surface area (Å²) < 4.78 is 7.38. The molecule has 4 aromatic heterocycles. The van der Waals surface area contributed by atoms with Gasteiger partial charge in [-0.2, -0.15) is 15.2 Å². The van der Waals surface area contributed by atoms with E-state index in [1.165, 1.54) is 0 Å². The molecule has 4 aromatic rings. The lowest BCUT2D eigenvalue weighted by molar-refractivity contribution is 0.0678. The van der Waals surface area contributed by atoms with E-state index in [4.69, 9.17) is 4.74 Å². The molecule has 0 aliphatic carbocycles. The van der Waals surface area contributed by atoms with Crippen LogP contribution >= 0.6 is 0 Å². The van der Waals surface area contributed by atoms with Crippen LogP contribution in [0.4, 0.5) is 22.4 Å². The summed E-state index contributed by atoms with van der Waals surface area (Å²) in [5, 5.41) is 14.5. The molecule has 2 N–H and O–H groups in total. The Bertz CT molecular complexity index is 1310. The summed E-state index contributed by atoms with van der Waals surface area (Å²) in [4.78, 5) is 30.2. The SMILES string of the molecule is Cc1cc(Nc2cc(C)[nH]n2)nc(N2CCN(C(=O)OC(C)c3ccc(-n4cccn4)nc3)CC2)n1. The van der Waals surface area contributed by atoms with Crippen LogP contribution in [0.25, 0.3) is 5.82 Å². The van der Waals surface area contributed by atoms with Crippen LogP contribution in [-0.2, 0) is 4.74 Å². The molecular weight excluding hydrogens is 460 g/mol. The first kappa shape index (κ1) is 23.3. The van der Waals surface area contributed by atoms with E-state index in [9.17, 15) is 4.79 Å². The number of aromatic nitrogens is 7. The number of nitrogens with one attached hydrogen (secondary N) is 2. The van der Waals surface area contributed by atoms with E-state index in [2.05, 4.69) is 40.5 Å². The molecule has 1 aliphatic rings. The zero-order valence-corrected chi connectivity index (χ0v) is 20.4. The first-order chi connectivity index (χ1) is 17.4. The Morgan fingerprint density at radius 3 is 2.61 bits per heavy atom. The van der Waals surface area contributed by atoms with Crippen LogP contribution in [0, 0.1) is 13.8 Å². The molecule has 1 fully saturated rings. The second-order valence-electron chi connectivity index (χ2n) is 8.66. The van der Waals surface area contributed by atoms with Gasteiger partial charge in [0.05, 0.1) is 0 Å². The number of H-pyrrole nitrogens is 1. The number of aromatic amines is 1. The van der Waals surface area contributed by atoms with Gasteiger partial charge in [-0.25, -0.2) is 19.4 Å². The molecule has 0 saturated carbocycles. The largest absolute Gasteiger partial charge is 0.441 e. The van der Waals surface area contributed by atoms with Crippen LogP contribution < -0.4 is 10.2 Å². The Morgan fingerprint density at radius 1 is 1.11 bits per heavy atom. The van der Waals surface area contributed by atoms with Gasteiger partial charge in [-0.1, -0.05) is 6.07 Å². The Balaban J connectivity index is 1.16. The van der Waals surface area contributed by atoms with Gasteiger partial charge in [0.1, 0.15) is 11.9 Å². The lowest BCUT2D eigenvalue weighted by Crippen LogP contribution is -2.49. The summed E-state index contributed by atoms with van der Waals surface area (Å²) in [5.41, 5.74) is 2.62. The maximum Gasteiger partial charge on any atom is 0.410 e. The first-order valence-electron chi connectivity index (χ1n) is 11.8. The molecule has 0 aromatic carbocycles. The van der Waals surface area contributed by atoms with Crippen molar-refractivity contribution in [2.24, 2.45) is 0 Å². The number of aryl methyl sites for hydroxylation is 2. The molecule has 1 aliphatic heterocycles. The smallest absolute Gasteiger partial charge is 0.410 e. The second kappa shape index (κ2) is 10.0. The Labute approximate surface area is 208 Å². The minimum atomic E-state index is -0.422. The van der Waals surface area contributed by atoms with Crippen molar-refractivity contribution in [3.8, 4) is 5.82 Å². The Kier molecular flexibility index (Phi) is 6.48. The zero-order chi connectivity index (χ0) is 25.1. The topological polar surface area (TPSA) is 130 Å². The fourth-order valence-electron chi connectivity index (χ4n) is 3.93. The Hall–Kier alpha value is -4.48. The normalized spacial score (nSPS) is 14.5. The molecule has 1 amide bonds. The third-order valence-electron chi connectivity index (χ3n) is 5.88. The number of rotatable bonds is 6. The molecule has 186 valence electrons. The number of carbonyl (C=O) groups is 1. The number of amides is 1. The van der Waals surface area contributed by atoms with E-state index in [1.54, 1.807) is 22.0 Å². The van der Waals surface area contributed by atoms with Gasteiger partial charge in [-0.15, -0.1) is 0 Å². The number of anilines is 3. The lowest BCUT2D eigenvalue weighted by atomic mass is 10.2. The number of piperazine rings is 1. The van der Waals surface area contributed by atoms with E-state index in [0.29, 0.717) is 49.6 Å². The van der Waals surface area contributed by atoms with E-state index < -0.39 is 6.10 Å². The summed E-state index contributed by atoms with van der Waals surface area (Å²) in [6.45, 7) is 7.95. The van der Waals surface area contributed by atoms with Gasteiger partial charge < -0.3 is 19.9 Å². The number of carbonyl (C=O) groups excluding carboxylic acids is 1. The van der Waals surface area contributed by atoms with E-state index >= 15 is 0 Å². The molecular formula is C24H28N10O2. The van der Waals surface area contributed by atoms with Crippen LogP contribution in [0.3, 0.4) is 0 Å². The van der Waals surface area contributed by atoms with Gasteiger partial charge in [-0.3, -0.25) is 5.10 Å². The minimum absolute atomic E-state index is 0.347. The summed E-state index contributed by atoms with van der Waals surface area (Å²) in [6, 6.07) is 9.36. The van der Waals surface area contributed by atoms with E-state index in [1.807, 2.05) is 57.3 Å². The van der Waals surface area contributed by atoms with Gasteiger partial charge in [0.2, 0.25) is 5.95 Å². The fourth-order valence-corrected chi connectivity index (χ4v) is 3.93. The summed E-state index contributed by atoms with van der Waals surface area (Å²) in [7, 11) is 0. The highest BCUT2D eigenvalue weighted by Crippen LogP contribution is 2.21. The zero-order valence-electron chi connectivity index (χ0n) is 20.4. The van der Waals surface area contributed by atoms with Crippen molar-refractivity contribution in [1.29, 1.82) is 0 Å². The quantitative estimate of drug-likeness (QED) is 0.420. The van der Waals surface area contributed by atoms with Gasteiger partial charge in [0, 0.05) is 73.9 Å². The number of pyridine rings is 1. The highest BCUT2D eigenvalue weighted by atomic mass is 16.6. The van der Waals surface area contributed by atoms with Crippen LogP contribution in [0.5, 0.6) is 0 Å². The summed E-state index contributed by atoms with van der Waals surface area (Å²) >= 11 is 0. The van der Waals surface area contributed by atoms with E-state index in [0.717, 1.165) is 17.0 Å². The molecule has 12 heteroatoms. The van der Waals surface area contributed by atoms with Gasteiger partial charge in [0.25, 0.3) is 0 Å². The first-order valence-corrected chi connectivity index (χ1v) is 11.8. The molecule has 36 heavy (non-hydrogen) atoms. The number of hydrogen-bond acceptors (Lipinski definition) is 9. The third-order valence-corrected chi connectivity index (χ3v) is 5.88. The highest BCUT2D eigenvalue weighted by molar-refractivity contribution is 5.68. The second-order valence-corrected chi connectivity index (χ2v) is 8.66. The molecule has 1 saturated heterocycles. The maximum atomic E-state index is 12.8. The number of ether oxygens (including phenoxy) is 1. The van der Waals surface area contributed by atoms with Gasteiger partial charge >= 0.3 is 6.09 Å². The predicted molar refractivity (Wildman–Crippen MR) is 133 cm³/mol. The molecule has 5 heterocycles. The van der Waals surface area contributed by atoms with Crippen molar-refractivity contribution in [3.63, 3.8) is 0 Å². The molecule has 0 radical (unpaired) electrons. The van der Waals surface area contributed by atoms with E-state index in [-0.39, 0.29) is 6.09 Å². The van der Waals surface area contributed by atoms with Crippen LogP contribution in [0.2, 0.25) is 0 Å². The third kappa shape index (κ3) is 5.27. The Morgan fingerprint density at radius 2 is 1.94 bits per heavy atom. The minimum Gasteiger partial charge on any atom is -0.441 e. The molecule has 1 atom stereocenters. The van der Waals surface area contributed by atoms with Crippen molar-refractivity contribution in [1.82, 2.24) is 39.8 Å². The molecule has 0 bridgehead atoms. The standard InChI is InChI=1S/C24H28N10O2/c1-16-13-20(28-21-14-17(2)30-31-21)29-23(27-16)32-9-11-33(12-10-32)24(35)36-18(3)19-5-6-22(25-15-19)34-8-4-7-26-34/h4-8,13-15,18H,9-12H2,1-3H3,(H2,27,28,29,30,31). The molecule has 12 nitrogen and oxygen atoms in total. The van der Waals surface area contributed by atoms with Crippen molar-refractivity contribution < 1.29 is 9.53 Å². The van der Waals surface area contributed by atoms with Crippen molar-refractivity contribution in [2.45, 2.75) is 26.9 Å². The summed E-state index contributed by atoms with van der Waals surface area (Å²) in [5.74, 6) is 2.69. The number of nitrogens with zero attached hydrogens (tertiary/aromatic N) is 8. The average molecular weight is 489 g/mol. The van der Waals surface area contributed by atoms with Crippen molar-refractivity contribution >= 4 is 23.7 Å². The molecule has 0 spiro atoms. The van der Waals surface area contributed by atoms with Crippen LogP contribution in [0.15, 0.2) is 48.9 Å². The van der Waals surface area contributed by atoms with Crippen molar-refractivity contribution in [3.05, 3.63) is 65.9 Å². The molecule has 1 unspecified atom stereocenters. The average Bonchev–Trinajstić information content (AvgIpc) is 3.56. The number of hydrogen-bond donors (Lipinski definition) is 2. The monoisotopic (exact) mass is 488 g/mol. The van der Waals surface area contributed by atoms with Gasteiger partial charge in [0.15, 0.2) is 11.6 Å². The van der Waals surface area contributed by atoms with Crippen LogP contribution in [0.1, 0.15) is 30.0 Å². The lowest BCUT2D eigenvalue weighted by Gasteiger charge is -2.34. The van der Waals surface area contributed by atoms with Crippen LogP contribution in [-0.4, -0.2) is 72.1 Å². The maximum absolute atomic E-state index is 12.8. The highest BCUT2D eigenvalue weighted by Gasteiger charge is 2.25. The van der Waals surface area contributed by atoms with Crippen molar-refractivity contribution in [2.75, 3.05) is 36.4 Å².